The van der Waals surface area contributed by atoms with Crippen molar-refractivity contribution < 1.29 is 18.3 Å². The molecule has 0 atom stereocenters. The van der Waals surface area contributed by atoms with E-state index < -0.39 is 16.0 Å². The third kappa shape index (κ3) is 2.98. The summed E-state index contributed by atoms with van der Waals surface area (Å²) < 4.78 is 26.0. The highest BCUT2D eigenvalue weighted by molar-refractivity contribution is 7.89. The van der Waals surface area contributed by atoms with Crippen molar-refractivity contribution in [2.45, 2.75) is 56.2 Å². The minimum absolute atomic E-state index is 0.0574. The summed E-state index contributed by atoms with van der Waals surface area (Å²) in [6, 6.07) is -0.0574. The zero-order valence-electron chi connectivity index (χ0n) is 9.84. The molecule has 17 heavy (non-hydrogen) atoms. The molecule has 5 nitrogen and oxygen atoms in total. The fraction of sp³-hybridized carbons (Fsp3) is 0.909. The maximum absolute atomic E-state index is 12.4. The van der Waals surface area contributed by atoms with Gasteiger partial charge in [0.15, 0.2) is 0 Å². The molecule has 0 unspecified atom stereocenters. The summed E-state index contributed by atoms with van der Waals surface area (Å²) in [6.45, 7) is -0.372. The number of carboxylic acids is 1. The number of carboxylic acid groups (broad SMARTS) is 1. The summed E-state index contributed by atoms with van der Waals surface area (Å²) in [4.78, 5) is 10.8. The lowest BCUT2D eigenvalue weighted by molar-refractivity contribution is -0.137. The third-order valence-electron chi connectivity index (χ3n) is 3.55. The van der Waals surface area contributed by atoms with Gasteiger partial charge in [0.25, 0.3) is 0 Å². The molecule has 0 amide bonds. The van der Waals surface area contributed by atoms with Gasteiger partial charge in [-0.3, -0.25) is 4.79 Å². The molecule has 0 bridgehead atoms. The standard InChI is InChI=1S/C11H19NO4S/c13-11(14)8-12(9-6-7-9)17(15,16)10-4-2-1-3-5-10/h9-10H,1-8H2,(H,13,14). The number of rotatable bonds is 5. The van der Waals surface area contributed by atoms with Gasteiger partial charge in [0.1, 0.15) is 6.54 Å². The maximum atomic E-state index is 12.4. The van der Waals surface area contributed by atoms with Gasteiger partial charge in [0.05, 0.1) is 5.25 Å². The monoisotopic (exact) mass is 261 g/mol. The van der Waals surface area contributed by atoms with E-state index in [1.807, 2.05) is 0 Å². The number of hydrogen-bond acceptors (Lipinski definition) is 3. The summed E-state index contributed by atoms with van der Waals surface area (Å²) >= 11 is 0. The van der Waals surface area contributed by atoms with E-state index in [1.54, 1.807) is 0 Å². The number of nitrogens with zero attached hydrogens (tertiary/aromatic N) is 1. The topological polar surface area (TPSA) is 74.7 Å². The van der Waals surface area contributed by atoms with Crippen LogP contribution in [0.5, 0.6) is 0 Å². The minimum Gasteiger partial charge on any atom is -0.480 e. The molecule has 0 aromatic rings. The summed E-state index contributed by atoms with van der Waals surface area (Å²) in [5, 5.41) is 8.47. The van der Waals surface area contributed by atoms with E-state index in [9.17, 15) is 13.2 Å². The number of sulfonamides is 1. The Morgan fingerprint density at radius 1 is 1.12 bits per heavy atom. The van der Waals surface area contributed by atoms with Crippen LogP contribution in [0.15, 0.2) is 0 Å². The predicted molar refractivity (Wildman–Crippen MR) is 63.2 cm³/mol. The molecule has 2 rings (SSSR count). The van der Waals surface area contributed by atoms with Gasteiger partial charge in [0.2, 0.25) is 10.0 Å². The largest absolute Gasteiger partial charge is 0.480 e. The first-order chi connectivity index (χ1) is 8.01. The molecular formula is C11H19NO4S. The van der Waals surface area contributed by atoms with E-state index in [4.69, 9.17) is 5.11 Å². The highest BCUT2D eigenvalue weighted by atomic mass is 32.2. The second-order valence-electron chi connectivity index (χ2n) is 4.98. The van der Waals surface area contributed by atoms with E-state index in [0.717, 1.165) is 32.1 Å². The van der Waals surface area contributed by atoms with Gasteiger partial charge in [-0.05, 0) is 25.7 Å². The molecule has 0 spiro atoms. The average Bonchev–Trinajstić information content (AvgIpc) is 3.10. The first kappa shape index (κ1) is 12.8. The van der Waals surface area contributed by atoms with Crippen LogP contribution < -0.4 is 0 Å². The first-order valence-electron chi connectivity index (χ1n) is 6.24. The number of hydrogen-bond donors (Lipinski definition) is 1. The second kappa shape index (κ2) is 4.94. The van der Waals surface area contributed by atoms with Crippen LogP contribution in [0.2, 0.25) is 0 Å². The minimum atomic E-state index is -3.40. The molecule has 98 valence electrons. The van der Waals surface area contributed by atoms with Crippen molar-refractivity contribution in [1.29, 1.82) is 0 Å². The van der Waals surface area contributed by atoms with Crippen LogP contribution in [0.1, 0.15) is 44.9 Å². The summed E-state index contributed by atoms with van der Waals surface area (Å²) in [5.41, 5.74) is 0. The van der Waals surface area contributed by atoms with E-state index in [0.29, 0.717) is 12.8 Å². The fourth-order valence-corrected chi connectivity index (χ4v) is 4.71. The zero-order valence-corrected chi connectivity index (χ0v) is 10.7. The number of carbonyl (C=O) groups is 1. The Morgan fingerprint density at radius 2 is 1.71 bits per heavy atom. The highest BCUT2D eigenvalue weighted by Crippen LogP contribution is 2.34. The van der Waals surface area contributed by atoms with Gasteiger partial charge < -0.3 is 5.11 Å². The van der Waals surface area contributed by atoms with Gasteiger partial charge in [-0.15, -0.1) is 0 Å². The van der Waals surface area contributed by atoms with Gasteiger partial charge in [-0.1, -0.05) is 19.3 Å². The van der Waals surface area contributed by atoms with Crippen LogP contribution in [0.4, 0.5) is 0 Å². The van der Waals surface area contributed by atoms with Crippen LogP contribution in [-0.4, -0.2) is 41.6 Å². The summed E-state index contributed by atoms with van der Waals surface area (Å²) in [7, 11) is -3.40. The molecule has 0 aromatic heterocycles. The lowest BCUT2D eigenvalue weighted by atomic mass is 10.0. The SMILES string of the molecule is O=C(O)CN(C1CC1)S(=O)(=O)C1CCCCC1. The Kier molecular flexibility index (Phi) is 3.73. The Hall–Kier alpha value is -0.620. The van der Waals surface area contributed by atoms with Crippen molar-refractivity contribution in [3.05, 3.63) is 0 Å². The molecule has 0 saturated heterocycles. The van der Waals surface area contributed by atoms with Crippen LogP contribution >= 0.6 is 0 Å². The van der Waals surface area contributed by atoms with Crippen molar-refractivity contribution in [1.82, 2.24) is 4.31 Å². The van der Waals surface area contributed by atoms with E-state index in [-0.39, 0.29) is 17.8 Å². The molecule has 0 aromatic carbocycles. The van der Waals surface area contributed by atoms with Gasteiger partial charge in [-0.25, -0.2) is 8.42 Å². The number of aliphatic carboxylic acids is 1. The quantitative estimate of drug-likeness (QED) is 0.807. The molecule has 0 radical (unpaired) electrons. The molecule has 0 aliphatic heterocycles. The lowest BCUT2D eigenvalue weighted by Crippen LogP contribution is -2.43. The third-order valence-corrected chi connectivity index (χ3v) is 5.94. The maximum Gasteiger partial charge on any atom is 0.318 e. The van der Waals surface area contributed by atoms with Crippen molar-refractivity contribution in [3.8, 4) is 0 Å². The Labute approximate surface area is 102 Å². The second-order valence-corrected chi connectivity index (χ2v) is 7.14. The fourth-order valence-electron chi connectivity index (χ4n) is 2.48. The zero-order chi connectivity index (χ0) is 12.5. The highest BCUT2D eigenvalue weighted by Gasteiger charge is 2.42. The van der Waals surface area contributed by atoms with E-state index >= 15 is 0 Å². The van der Waals surface area contributed by atoms with Crippen LogP contribution in [0, 0.1) is 0 Å². The molecule has 2 aliphatic rings. The van der Waals surface area contributed by atoms with Gasteiger partial charge in [0, 0.05) is 6.04 Å². The van der Waals surface area contributed by atoms with Crippen molar-refractivity contribution in [3.63, 3.8) is 0 Å². The van der Waals surface area contributed by atoms with Crippen LogP contribution in [0.3, 0.4) is 0 Å². The molecule has 1 N–H and O–H groups in total. The molecule has 0 heterocycles. The molecule has 2 fully saturated rings. The molecule has 6 heteroatoms. The Morgan fingerprint density at radius 3 is 2.18 bits per heavy atom. The summed E-state index contributed by atoms with van der Waals surface area (Å²) in [6.07, 6.45) is 5.95. The lowest BCUT2D eigenvalue weighted by Gasteiger charge is -2.28. The first-order valence-corrected chi connectivity index (χ1v) is 7.74. The Balaban J connectivity index is 2.12. The van der Waals surface area contributed by atoms with Crippen molar-refractivity contribution in [2.24, 2.45) is 0 Å². The molecule has 2 aliphatic carbocycles. The smallest absolute Gasteiger partial charge is 0.318 e. The van der Waals surface area contributed by atoms with Gasteiger partial charge >= 0.3 is 5.97 Å². The molecule has 2 saturated carbocycles. The van der Waals surface area contributed by atoms with Crippen molar-refractivity contribution >= 4 is 16.0 Å². The Bertz CT molecular complexity index is 382. The summed E-state index contributed by atoms with van der Waals surface area (Å²) in [5.74, 6) is -1.06. The van der Waals surface area contributed by atoms with E-state index in [2.05, 4.69) is 0 Å². The van der Waals surface area contributed by atoms with Crippen LogP contribution in [0.25, 0.3) is 0 Å². The predicted octanol–water partition coefficient (Wildman–Crippen LogP) is 1.20. The van der Waals surface area contributed by atoms with Crippen LogP contribution in [-0.2, 0) is 14.8 Å². The van der Waals surface area contributed by atoms with Gasteiger partial charge in [-0.2, -0.15) is 4.31 Å². The van der Waals surface area contributed by atoms with Crippen molar-refractivity contribution in [2.75, 3.05) is 6.54 Å². The normalized spacial score (nSPS) is 22.9. The average molecular weight is 261 g/mol. The molecular weight excluding hydrogens is 242 g/mol. The van der Waals surface area contributed by atoms with E-state index in [1.165, 1.54) is 4.31 Å².